The molecule has 1 fully saturated rings. The van der Waals surface area contributed by atoms with Gasteiger partial charge in [0.05, 0.1) is 0 Å². The molecule has 0 amide bonds. The van der Waals surface area contributed by atoms with E-state index in [4.69, 9.17) is 16.1 Å². The number of halogens is 1. The van der Waals surface area contributed by atoms with Crippen LogP contribution in [0.3, 0.4) is 0 Å². The van der Waals surface area contributed by atoms with Gasteiger partial charge < -0.3 is 14.3 Å². The third-order valence-electron chi connectivity index (χ3n) is 5.15. The second-order valence-electron chi connectivity index (χ2n) is 7.36. The van der Waals surface area contributed by atoms with Gasteiger partial charge in [-0.3, -0.25) is 0 Å². The topological polar surface area (TPSA) is 47.8 Å². The highest BCUT2D eigenvalue weighted by atomic mass is 35.5. The Morgan fingerprint density at radius 2 is 1.70 bits per heavy atom. The van der Waals surface area contributed by atoms with Crippen LogP contribution in [0.2, 0.25) is 5.02 Å². The number of hydrogen-bond donors (Lipinski definition) is 2. The van der Waals surface area contributed by atoms with Gasteiger partial charge in [-0.05, 0) is 19.1 Å². The summed E-state index contributed by atoms with van der Waals surface area (Å²) in [5.41, 5.74) is 3.65. The third-order valence-corrected chi connectivity index (χ3v) is 5.39. The maximum absolute atomic E-state index is 6.04. The van der Waals surface area contributed by atoms with E-state index in [1.54, 1.807) is 4.90 Å². The Hall–Kier alpha value is -2.21. The molecule has 2 heterocycles. The first-order chi connectivity index (χ1) is 13.2. The van der Waals surface area contributed by atoms with Gasteiger partial charge >= 0.3 is 0 Å². The fourth-order valence-electron chi connectivity index (χ4n) is 3.71. The number of aromatic nitrogens is 2. The van der Waals surface area contributed by atoms with Crippen molar-refractivity contribution in [2.24, 2.45) is 0 Å². The summed E-state index contributed by atoms with van der Waals surface area (Å²) >= 11 is 6.04. The predicted molar refractivity (Wildman–Crippen MR) is 105 cm³/mol. The highest BCUT2D eigenvalue weighted by Crippen LogP contribution is 2.19. The molecule has 27 heavy (non-hydrogen) atoms. The van der Waals surface area contributed by atoms with Crippen molar-refractivity contribution in [1.82, 2.24) is 10.1 Å². The van der Waals surface area contributed by atoms with E-state index in [2.05, 4.69) is 41.3 Å². The summed E-state index contributed by atoms with van der Waals surface area (Å²) in [4.78, 5) is 7.70. The third kappa shape index (κ3) is 4.75. The van der Waals surface area contributed by atoms with E-state index in [9.17, 15) is 0 Å². The van der Waals surface area contributed by atoms with E-state index in [-0.39, 0.29) is 0 Å². The summed E-state index contributed by atoms with van der Waals surface area (Å²) in [5, 5.41) is 4.79. The lowest BCUT2D eigenvalue weighted by atomic mass is 10.1. The second kappa shape index (κ2) is 8.21. The van der Waals surface area contributed by atoms with Gasteiger partial charge in [-0.1, -0.05) is 58.7 Å². The first-order valence-electron chi connectivity index (χ1n) is 9.47. The van der Waals surface area contributed by atoms with Crippen molar-refractivity contribution in [3.8, 4) is 11.4 Å². The van der Waals surface area contributed by atoms with Crippen LogP contribution in [-0.2, 0) is 13.1 Å². The van der Waals surface area contributed by atoms with E-state index >= 15 is 0 Å². The molecule has 1 aliphatic heterocycles. The lowest BCUT2D eigenvalue weighted by Gasteiger charge is -2.29. The molecule has 2 aromatic carbocycles. The average Bonchev–Trinajstić information content (AvgIpc) is 3.12. The minimum Gasteiger partial charge on any atom is -0.333 e. The first kappa shape index (κ1) is 18.2. The minimum absolute atomic E-state index is 0.607. The van der Waals surface area contributed by atoms with E-state index in [1.165, 1.54) is 29.1 Å². The van der Waals surface area contributed by atoms with Gasteiger partial charge in [0.2, 0.25) is 5.82 Å². The van der Waals surface area contributed by atoms with Crippen LogP contribution in [0.1, 0.15) is 17.0 Å². The molecule has 4 rings (SSSR count). The summed E-state index contributed by atoms with van der Waals surface area (Å²) in [6, 6.07) is 16.4. The highest BCUT2D eigenvalue weighted by molar-refractivity contribution is 6.30. The van der Waals surface area contributed by atoms with Crippen LogP contribution in [0.5, 0.6) is 0 Å². The molecule has 1 aliphatic rings. The molecule has 0 unspecified atom stereocenters. The Balaban J connectivity index is 1.31. The smallest absolute Gasteiger partial charge is 0.282 e. The van der Waals surface area contributed by atoms with Crippen molar-refractivity contribution in [2.45, 2.75) is 20.0 Å². The highest BCUT2D eigenvalue weighted by Gasteiger charge is 2.25. The van der Waals surface area contributed by atoms with Crippen LogP contribution in [-0.4, -0.2) is 36.3 Å². The van der Waals surface area contributed by atoms with Gasteiger partial charge in [0.15, 0.2) is 6.54 Å². The van der Waals surface area contributed by atoms with Crippen molar-refractivity contribution < 1.29 is 14.3 Å². The van der Waals surface area contributed by atoms with E-state index in [0.717, 1.165) is 31.7 Å². The fourth-order valence-corrected chi connectivity index (χ4v) is 3.90. The van der Waals surface area contributed by atoms with Crippen LogP contribution in [0.4, 0.5) is 0 Å². The monoisotopic (exact) mass is 384 g/mol. The number of aryl methyl sites for hydroxylation is 1. The Morgan fingerprint density at radius 1 is 0.963 bits per heavy atom. The average molecular weight is 385 g/mol. The Bertz CT molecular complexity index is 902. The molecule has 1 saturated heterocycles. The molecule has 5 nitrogen and oxygen atoms in total. The summed E-state index contributed by atoms with van der Waals surface area (Å²) in [6.07, 6.45) is 0. The van der Waals surface area contributed by atoms with Crippen LogP contribution in [0, 0.1) is 6.92 Å². The van der Waals surface area contributed by atoms with Gasteiger partial charge in [0.25, 0.3) is 5.89 Å². The van der Waals surface area contributed by atoms with E-state index < -0.39 is 0 Å². The Kier molecular flexibility index (Phi) is 5.53. The molecule has 140 valence electrons. The van der Waals surface area contributed by atoms with Crippen molar-refractivity contribution in [3.63, 3.8) is 0 Å². The molecule has 0 aliphatic carbocycles. The Labute approximate surface area is 164 Å². The molecule has 0 atom stereocenters. The zero-order chi connectivity index (χ0) is 18.6. The number of hydrogen-bond acceptors (Lipinski definition) is 3. The molecule has 6 heteroatoms. The van der Waals surface area contributed by atoms with Gasteiger partial charge in [-0.2, -0.15) is 4.98 Å². The second-order valence-corrected chi connectivity index (χ2v) is 7.80. The minimum atomic E-state index is 0.607. The molecule has 2 N–H and O–H groups in total. The first-order valence-corrected chi connectivity index (χ1v) is 9.85. The molecule has 1 aromatic heterocycles. The zero-order valence-corrected chi connectivity index (χ0v) is 16.3. The molecule has 0 bridgehead atoms. The maximum Gasteiger partial charge on any atom is 0.282 e. The fraction of sp³-hybridized carbons (Fsp3) is 0.333. The van der Waals surface area contributed by atoms with Gasteiger partial charge in [-0.25, -0.2) is 0 Å². The summed E-state index contributed by atoms with van der Waals surface area (Å²) < 4.78 is 5.47. The number of benzene rings is 2. The maximum atomic E-state index is 6.04. The number of nitrogens with one attached hydrogen (secondary N) is 2. The lowest BCUT2D eigenvalue weighted by molar-refractivity contribution is -1.02. The molecule has 0 spiro atoms. The van der Waals surface area contributed by atoms with Crippen molar-refractivity contribution in [2.75, 3.05) is 26.2 Å². The van der Waals surface area contributed by atoms with E-state index in [1.807, 2.05) is 24.3 Å². The zero-order valence-electron chi connectivity index (χ0n) is 15.5. The van der Waals surface area contributed by atoms with Crippen LogP contribution in [0.15, 0.2) is 53.1 Å². The number of rotatable bonds is 5. The summed E-state index contributed by atoms with van der Waals surface area (Å²) in [5.74, 6) is 1.30. The molecule has 0 radical (unpaired) electrons. The van der Waals surface area contributed by atoms with Gasteiger partial charge in [0.1, 0.15) is 32.7 Å². The van der Waals surface area contributed by atoms with Crippen molar-refractivity contribution in [1.29, 1.82) is 0 Å². The summed E-state index contributed by atoms with van der Waals surface area (Å²) in [6.45, 7) is 8.62. The van der Waals surface area contributed by atoms with Crippen molar-refractivity contribution in [3.05, 3.63) is 70.6 Å². The SMILES string of the molecule is Cc1cccc(C[NH+]2CC[NH+](Cc3nc(-c4cccc(Cl)c4)no3)CC2)c1. The predicted octanol–water partition coefficient (Wildman–Crippen LogP) is 1.18. The standard InChI is InChI=1S/C21H23ClN4O/c1-16-4-2-5-17(12-16)14-25-8-10-26(11-9-25)15-20-23-21(24-27-20)18-6-3-7-19(22)13-18/h2-7,12-13H,8-11,14-15H2,1H3/p+2. The lowest BCUT2D eigenvalue weighted by Crippen LogP contribution is -3.27. The Morgan fingerprint density at radius 3 is 2.44 bits per heavy atom. The molecule has 3 aromatic rings. The quantitative estimate of drug-likeness (QED) is 0.694. The molecule has 0 saturated carbocycles. The number of nitrogens with zero attached hydrogens (tertiary/aromatic N) is 2. The van der Waals surface area contributed by atoms with Crippen LogP contribution in [0.25, 0.3) is 11.4 Å². The number of quaternary nitrogens is 2. The van der Waals surface area contributed by atoms with E-state index in [0.29, 0.717) is 16.7 Å². The van der Waals surface area contributed by atoms with Crippen LogP contribution >= 0.6 is 11.6 Å². The summed E-state index contributed by atoms with van der Waals surface area (Å²) in [7, 11) is 0. The molecular weight excluding hydrogens is 360 g/mol. The molecular formula is C21H25ClN4O+2. The van der Waals surface area contributed by atoms with Gasteiger partial charge in [0, 0.05) is 16.1 Å². The van der Waals surface area contributed by atoms with Gasteiger partial charge in [-0.15, -0.1) is 0 Å². The normalized spacial score (nSPS) is 19.9. The van der Waals surface area contributed by atoms with Crippen molar-refractivity contribution >= 4 is 11.6 Å². The number of piperazine rings is 1. The largest absolute Gasteiger partial charge is 0.333 e. The van der Waals surface area contributed by atoms with Crippen LogP contribution < -0.4 is 9.80 Å².